The average molecular weight is 239 g/mol. The van der Waals surface area contributed by atoms with Gasteiger partial charge in [-0.15, -0.1) is 0 Å². The molecule has 2 rings (SSSR count). The minimum atomic E-state index is -4.23. The van der Waals surface area contributed by atoms with E-state index in [1.165, 1.54) is 18.5 Å². The summed E-state index contributed by atoms with van der Waals surface area (Å²) in [5.41, 5.74) is 0. The summed E-state index contributed by atoms with van der Waals surface area (Å²) in [7, 11) is -4.23. The third-order valence-electron chi connectivity index (χ3n) is 1.34. The molecule has 0 fully saturated rings. The molecule has 0 aliphatic heterocycles. The molecule has 0 radical (unpaired) electrons. The van der Waals surface area contributed by atoms with Gasteiger partial charge in [0.2, 0.25) is 0 Å². The summed E-state index contributed by atoms with van der Waals surface area (Å²) in [5, 5.41) is -0.574. The number of aromatic nitrogens is 3. The topological polar surface area (TPSA) is 93.0 Å². The van der Waals surface area contributed by atoms with Crippen molar-refractivity contribution in [2.45, 2.75) is 5.16 Å². The second-order valence-corrected chi connectivity index (χ2v) is 3.85. The van der Waals surface area contributed by atoms with Gasteiger partial charge in [0.1, 0.15) is 0 Å². The highest BCUT2D eigenvalue weighted by molar-refractivity contribution is 7.85. The molecule has 0 amide bonds. The normalized spacial score (nSPS) is 10.1. The van der Waals surface area contributed by atoms with E-state index in [0.29, 0.717) is 0 Å². The first-order valence-electron chi connectivity index (χ1n) is 4.20. The van der Waals surface area contributed by atoms with E-state index >= 15 is 0 Å². The van der Waals surface area contributed by atoms with Crippen LogP contribution in [-0.4, -0.2) is 27.9 Å². The van der Waals surface area contributed by atoms with Gasteiger partial charge < -0.3 is 0 Å². The van der Waals surface area contributed by atoms with Crippen LogP contribution in [0, 0.1) is 0 Å². The SMILES string of the molecule is O=S(=O)(O)c1ncccn1.c1ccncc1. The fourth-order valence-electron chi connectivity index (χ4n) is 0.731. The molecular weight excluding hydrogens is 230 g/mol. The van der Waals surface area contributed by atoms with E-state index < -0.39 is 15.3 Å². The number of rotatable bonds is 1. The molecule has 7 heteroatoms. The second-order valence-electron chi connectivity index (χ2n) is 2.53. The van der Waals surface area contributed by atoms with Crippen molar-refractivity contribution in [1.82, 2.24) is 15.0 Å². The summed E-state index contributed by atoms with van der Waals surface area (Å²) in [6.45, 7) is 0. The zero-order valence-electron chi connectivity index (χ0n) is 8.13. The van der Waals surface area contributed by atoms with E-state index in [4.69, 9.17) is 4.55 Å². The Hall–Kier alpha value is -1.86. The smallest absolute Gasteiger partial charge is 0.279 e. The van der Waals surface area contributed by atoms with Crippen LogP contribution in [-0.2, 0) is 10.1 Å². The molecule has 6 nitrogen and oxygen atoms in total. The lowest BCUT2D eigenvalue weighted by Crippen LogP contribution is -2.02. The van der Waals surface area contributed by atoms with E-state index in [9.17, 15) is 8.42 Å². The number of hydrogen-bond donors (Lipinski definition) is 1. The van der Waals surface area contributed by atoms with E-state index in [0.717, 1.165) is 0 Å². The highest BCUT2D eigenvalue weighted by Crippen LogP contribution is 1.95. The van der Waals surface area contributed by atoms with Crippen molar-refractivity contribution in [2.24, 2.45) is 0 Å². The van der Waals surface area contributed by atoms with Crippen LogP contribution in [0.1, 0.15) is 0 Å². The molecule has 0 spiro atoms. The summed E-state index contributed by atoms with van der Waals surface area (Å²) in [5.74, 6) is 0. The van der Waals surface area contributed by atoms with Crippen LogP contribution in [0.2, 0.25) is 0 Å². The van der Waals surface area contributed by atoms with Crippen LogP contribution in [0.3, 0.4) is 0 Å². The Bertz CT molecular complexity index is 475. The maximum absolute atomic E-state index is 10.3. The lowest BCUT2D eigenvalue weighted by molar-refractivity contribution is 0.474. The Morgan fingerprint density at radius 2 is 1.44 bits per heavy atom. The molecule has 2 aromatic rings. The molecule has 0 atom stereocenters. The van der Waals surface area contributed by atoms with Gasteiger partial charge in [0, 0.05) is 24.8 Å². The zero-order valence-corrected chi connectivity index (χ0v) is 8.95. The Morgan fingerprint density at radius 3 is 1.69 bits per heavy atom. The van der Waals surface area contributed by atoms with Crippen molar-refractivity contribution in [1.29, 1.82) is 0 Å². The van der Waals surface area contributed by atoms with Gasteiger partial charge in [-0.25, -0.2) is 9.97 Å². The monoisotopic (exact) mass is 239 g/mol. The lowest BCUT2D eigenvalue weighted by Gasteiger charge is -1.89. The predicted octanol–water partition coefficient (Wildman–Crippen LogP) is 0.805. The first-order valence-corrected chi connectivity index (χ1v) is 5.64. The maximum atomic E-state index is 10.3. The molecule has 84 valence electrons. The van der Waals surface area contributed by atoms with Crippen molar-refractivity contribution >= 4 is 10.1 Å². The molecule has 0 aliphatic carbocycles. The van der Waals surface area contributed by atoms with Crippen LogP contribution < -0.4 is 0 Å². The Labute approximate surface area is 92.8 Å². The minimum absolute atomic E-state index is 0.574. The van der Waals surface area contributed by atoms with Crippen LogP contribution >= 0.6 is 0 Å². The molecule has 0 aromatic carbocycles. The zero-order chi connectivity index (χ0) is 11.9. The molecule has 0 bridgehead atoms. The van der Waals surface area contributed by atoms with Gasteiger partial charge in [0.15, 0.2) is 0 Å². The van der Waals surface area contributed by atoms with Gasteiger partial charge in [-0.05, 0) is 18.2 Å². The Morgan fingerprint density at radius 1 is 0.875 bits per heavy atom. The summed E-state index contributed by atoms with van der Waals surface area (Å²) in [6.07, 6.45) is 5.96. The van der Waals surface area contributed by atoms with E-state index in [2.05, 4.69) is 15.0 Å². The summed E-state index contributed by atoms with van der Waals surface area (Å²) >= 11 is 0. The predicted molar refractivity (Wildman–Crippen MR) is 56.1 cm³/mol. The van der Waals surface area contributed by atoms with Gasteiger partial charge in [0.25, 0.3) is 5.16 Å². The lowest BCUT2D eigenvalue weighted by atomic mass is 10.5. The first kappa shape index (κ1) is 12.2. The number of hydrogen-bond acceptors (Lipinski definition) is 5. The van der Waals surface area contributed by atoms with Crippen molar-refractivity contribution in [2.75, 3.05) is 0 Å². The summed E-state index contributed by atoms with van der Waals surface area (Å²) in [6, 6.07) is 7.17. The maximum Gasteiger partial charge on any atom is 0.330 e. The largest absolute Gasteiger partial charge is 0.330 e. The van der Waals surface area contributed by atoms with E-state index in [1.807, 2.05) is 18.2 Å². The van der Waals surface area contributed by atoms with Crippen molar-refractivity contribution < 1.29 is 13.0 Å². The van der Waals surface area contributed by atoms with Crippen molar-refractivity contribution in [3.63, 3.8) is 0 Å². The van der Waals surface area contributed by atoms with E-state index in [1.54, 1.807) is 12.4 Å². The number of nitrogens with zero attached hydrogens (tertiary/aromatic N) is 3. The molecule has 0 aliphatic rings. The van der Waals surface area contributed by atoms with Gasteiger partial charge >= 0.3 is 10.1 Å². The number of pyridine rings is 1. The molecule has 2 heterocycles. The van der Waals surface area contributed by atoms with Crippen LogP contribution in [0.5, 0.6) is 0 Å². The standard InChI is InChI=1S/C5H5N.C4H4N2O3S/c1-2-4-6-5-3-1;7-10(8,9)4-5-2-1-3-6-4/h1-5H;1-3H,(H,7,8,9). The summed E-state index contributed by atoms with van der Waals surface area (Å²) in [4.78, 5) is 10.4. The van der Waals surface area contributed by atoms with Crippen molar-refractivity contribution in [3.05, 3.63) is 49.1 Å². The molecular formula is C9H9N3O3S. The quantitative estimate of drug-likeness (QED) is 0.584. The minimum Gasteiger partial charge on any atom is -0.279 e. The second kappa shape index (κ2) is 5.89. The molecule has 0 unspecified atom stereocenters. The fourth-order valence-corrected chi connectivity index (χ4v) is 1.12. The Kier molecular flexibility index (Phi) is 4.49. The fraction of sp³-hybridized carbons (Fsp3) is 0. The Balaban J connectivity index is 0.000000181. The third-order valence-corrected chi connectivity index (χ3v) is 2.01. The molecule has 0 saturated carbocycles. The molecule has 16 heavy (non-hydrogen) atoms. The van der Waals surface area contributed by atoms with Gasteiger partial charge in [-0.1, -0.05) is 6.07 Å². The molecule has 1 N–H and O–H groups in total. The first-order chi connectivity index (χ1) is 7.61. The van der Waals surface area contributed by atoms with Crippen LogP contribution in [0.15, 0.2) is 54.2 Å². The van der Waals surface area contributed by atoms with Crippen molar-refractivity contribution in [3.8, 4) is 0 Å². The average Bonchev–Trinajstić information content (AvgIpc) is 2.32. The third kappa shape index (κ3) is 4.58. The van der Waals surface area contributed by atoms with Crippen LogP contribution in [0.25, 0.3) is 0 Å². The van der Waals surface area contributed by atoms with Gasteiger partial charge in [0.05, 0.1) is 0 Å². The summed E-state index contributed by atoms with van der Waals surface area (Å²) < 4.78 is 28.9. The molecule has 2 aromatic heterocycles. The highest BCUT2D eigenvalue weighted by Gasteiger charge is 2.10. The highest BCUT2D eigenvalue weighted by atomic mass is 32.2. The molecule has 0 saturated heterocycles. The van der Waals surface area contributed by atoms with E-state index in [-0.39, 0.29) is 0 Å². The van der Waals surface area contributed by atoms with Gasteiger partial charge in [-0.2, -0.15) is 8.42 Å². The van der Waals surface area contributed by atoms with Crippen LogP contribution in [0.4, 0.5) is 0 Å². The van der Waals surface area contributed by atoms with Gasteiger partial charge in [-0.3, -0.25) is 9.54 Å².